The summed E-state index contributed by atoms with van der Waals surface area (Å²) in [6.45, 7) is 12.4. The minimum absolute atomic E-state index is 0.0644. The van der Waals surface area contributed by atoms with E-state index < -0.39 is 34.8 Å². The number of aromatic nitrogens is 3. The Balaban J connectivity index is 1.78. The average molecular weight is 515 g/mol. The molecule has 3 atom stereocenters. The van der Waals surface area contributed by atoms with Gasteiger partial charge in [0.2, 0.25) is 0 Å². The third kappa shape index (κ3) is 6.87. The van der Waals surface area contributed by atoms with Gasteiger partial charge in [-0.3, -0.25) is 9.36 Å². The summed E-state index contributed by atoms with van der Waals surface area (Å²) in [5.41, 5.74) is -2.22. The summed E-state index contributed by atoms with van der Waals surface area (Å²) < 4.78 is 12.6. The molecule has 10 nitrogen and oxygen atoms in total. The van der Waals surface area contributed by atoms with E-state index in [4.69, 9.17) is 9.47 Å². The summed E-state index contributed by atoms with van der Waals surface area (Å²) in [6, 6.07) is 5.47. The largest absolute Gasteiger partial charge is 0.481 e. The predicted molar refractivity (Wildman–Crippen MR) is 136 cm³/mol. The van der Waals surface area contributed by atoms with Gasteiger partial charge in [0, 0.05) is 18.9 Å². The standard InChI is InChI=1S/C27H38N4O6/c1-8-18(15-31(23(34)36-25(2,3)4)24(35)37-26(5,6)7)13-19-14-27(19,22(32)33)20-16-30(17-29-20)21-11-9-10-12-28-21/h9-12,16-19H,8,13-15H2,1-7H3,(H,32,33)/t18-,19-,27+/m1/s1. The number of carbonyl (C=O) groups is 3. The number of imide groups is 1. The van der Waals surface area contributed by atoms with Crippen molar-refractivity contribution in [3.63, 3.8) is 0 Å². The number of hydrogen-bond donors (Lipinski definition) is 1. The quantitative estimate of drug-likeness (QED) is 0.510. The van der Waals surface area contributed by atoms with Gasteiger partial charge in [-0.25, -0.2) is 24.5 Å². The second kappa shape index (κ2) is 10.5. The van der Waals surface area contributed by atoms with E-state index in [1.807, 2.05) is 19.1 Å². The first-order chi connectivity index (χ1) is 17.2. The highest BCUT2D eigenvalue weighted by Crippen LogP contribution is 2.57. The molecular weight excluding hydrogens is 476 g/mol. The van der Waals surface area contributed by atoms with Gasteiger partial charge in [-0.2, -0.15) is 0 Å². The zero-order valence-electron chi connectivity index (χ0n) is 22.7. The van der Waals surface area contributed by atoms with Crippen molar-refractivity contribution in [2.45, 2.75) is 84.3 Å². The molecule has 0 spiro atoms. The monoisotopic (exact) mass is 514 g/mol. The minimum atomic E-state index is -1.11. The van der Waals surface area contributed by atoms with Crippen molar-refractivity contribution in [3.8, 4) is 5.82 Å². The van der Waals surface area contributed by atoms with Crippen molar-refractivity contribution in [3.05, 3.63) is 42.6 Å². The van der Waals surface area contributed by atoms with E-state index in [0.29, 0.717) is 30.8 Å². The average Bonchev–Trinajstić information content (AvgIpc) is 3.29. The van der Waals surface area contributed by atoms with Gasteiger partial charge in [0.05, 0.1) is 5.69 Å². The number of pyridine rings is 1. The van der Waals surface area contributed by atoms with Gasteiger partial charge in [-0.15, -0.1) is 0 Å². The molecule has 1 N–H and O–H groups in total. The fraction of sp³-hybridized carbons (Fsp3) is 0.593. The molecule has 0 unspecified atom stereocenters. The molecule has 2 aromatic rings. The number of rotatable bonds is 8. The summed E-state index contributed by atoms with van der Waals surface area (Å²) in [4.78, 5) is 48.0. The van der Waals surface area contributed by atoms with Gasteiger partial charge < -0.3 is 14.6 Å². The molecule has 2 aromatic heterocycles. The molecule has 0 saturated heterocycles. The fourth-order valence-corrected chi connectivity index (χ4v) is 4.37. The van der Waals surface area contributed by atoms with Gasteiger partial charge in [0.15, 0.2) is 0 Å². The normalized spacial score (nSPS) is 20.1. The Morgan fingerprint density at radius 3 is 2.22 bits per heavy atom. The van der Waals surface area contributed by atoms with Crippen molar-refractivity contribution in [1.82, 2.24) is 19.4 Å². The van der Waals surface area contributed by atoms with Crippen LogP contribution in [0.3, 0.4) is 0 Å². The highest BCUT2D eigenvalue weighted by Gasteiger charge is 2.63. The maximum atomic E-state index is 12.9. The van der Waals surface area contributed by atoms with Crippen LogP contribution < -0.4 is 0 Å². The van der Waals surface area contributed by atoms with Crippen LogP contribution in [0.5, 0.6) is 0 Å². The summed E-state index contributed by atoms with van der Waals surface area (Å²) in [5, 5.41) is 10.2. The van der Waals surface area contributed by atoms with Crippen LogP contribution >= 0.6 is 0 Å². The van der Waals surface area contributed by atoms with Crippen LogP contribution in [0.4, 0.5) is 9.59 Å². The maximum absolute atomic E-state index is 12.9. The molecule has 10 heteroatoms. The third-order valence-corrected chi connectivity index (χ3v) is 6.30. The highest BCUT2D eigenvalue weighted by molar-refractivity contribution is 5.88. The predicted octanol–water partition coefficient (Wildman–Crippen LogP) is 5.20. The highest BCUT2D eigenvalue weighted by atomic mass is 16.6. The Kier molecular flexibility index (Phi) is 8.00. The van der Waals surface area contributed by atoms with Crippen LogP contribution in [-0.2, 0) is 19.7 Å². The molecule has 1 aliphatic rings. The lowest BCUT2D eigenvalue weighted by Crippen LogP contribution is -2.45. The number of imidazole rings is 1. The number of nitrogens with zero attached hydrogens (tertiary/aromatic N) is 4. The van der Waals surface area contributed by atoms with Gasteiger partial charge in [0.1, 0.15) is 28.8 Å². The molecule has 0 aliphatic heterocycles. The Hall–Kier alpha value is -3.43. The molecule has 0 aromatic carbocycles. The van der Waals surface area contributed by atoms with Crippen LogP contribution in [0.25, 0.3) is 5.82 Å². The lowest BCUT2D eigenvalue weighted by Gasteiger charge is -2.30. The van der Waals surface area contributed by atoms with Gasteiger partial charge >= 0.3 is 18.2 Å². The number of carboxylic acids is 1. The molecule has 1 aliphatic carbocycles. The molecule has 1 fully saturated rings. The van der Waals surface area contributed by atoms with Crippen LogP contribution in [0.1, 0.15) is 73.4 Å². The summed E-state index contributed by atoms with van der Waals surface area (Å²) in [7, 11) is 0. The topological polar surface area (TPSA) is 124 Å². The van der Waals surface area contributed by atoms with Crippen molar-refractivity contribution in [1.29, 1.82) is 0 Å². The number of ether oxygens (including phenoxy) is 2. The Bertz CT molecular complexity index is 1090. The molecule has 1 saturated carbocycles. The van der Waals surface area contributed by atoms with Crippen molar-refractivity contribution in [2.75, 3.05) is 6.54 Å². The lowest BCUT2D eigenvalue weighted by molar-refractivity contribution is -0.140. The van der Waals surface area contributed by atoms with E-state index in [0.717, 1.165) is 4.90 Å². The van der Waals surface area contributed by atoms with Gasteiger partial charge in [0.25, 0.3) is 0 Å². The molecule has 3 rings (SSSR count). The van der Waals surface area contributed by atoms with E-state index in [1.54, 1.807) is 70.9 Å². The molecule has 202 valence electrons. The zero-order valence-corrected chi connectivity index (χ0v) is 22.7. The van der Waals surface area contributed by atoms with Crippen molar-refractivity contribution >= 4 is 18.2 Å². The molecule has 0 bridgehead atoms. The smallest absolute Gasteiger partial charge is 0.419 e. The van der Waals surface area contributed by atoms with Gasteiger partial charge in [-0.1, -0.05) is 19.4 Å². The van der Waals surface area contributed by atoms with E-state index in [-0.39, 0.29) is 18.4 Å². The van der Waals surface area contributed by atoms with E-state index in [1.165, 1.54) is 0 Å². The Morgan fingerprint density at radius 2 is 1.73 bits per heavy atom. The first-order valence-corrected chi connectivity index (χ1v) is 12.6. The Morgan fingerprint density at radius 1 is 1.11 bits per heavy atom. The minimum Gasteiger partial charge on any atom is -0.481 e. The van der Waals surface area contributed by atoms with E-state index >= 15 is 0 Å². The first kappa shape index (κ1) is 28.1. The number of hydrogen-bond acceptors (Lipinski definition) is 7. The van der Waals surface area contributed by atoms with Crippen LogP contribution in [0.15, 0.2) is 36.9 Å². The SMILES string of the molecule is CC[C@H](C[C@@H]1C[C@@]1(C(=O)O)c1cn(-c2ccccn2)cn1)CN(C(=O)OC(C)(C)C)C(=O)OC(C)(C)C. The van der Waals surface area contributed by atoms with Crippen LogP contribution in [-0.4, -0.2) is 60.4 Å². The second-order valence-electron chi connectivity index (χ2n) is 11.6. The molecular formula is C27H38N4O6. The summed E-state index contributed by atoms with van der Waals surface area (Å²) >= 11 is 0. The van der Waals surface area contributed by atoms with Crippen LogP contribution in [0.2, 0.25) is 0 Å². The van der Waals surface area contributed by atoms with Crippen molar-refractivity contribution in [2.24, 2.45) is 11.8 Å². The number of carboxylic acid groups (broad SMARTS) is 1. The van der Waals surface area contributed by atoms with Crippen LogP contribution in [0, 0.1) is 11.8 Å². The second-order valence-corrected chi connectivity index (χ2v) is 11.6. The van der Waals surface area contributed by atoms with Crippen molar-refractivity contribution < 1.29 is 29.0 Å². The number of aliphatic carboxylic acids is 1. The zero-order chi connectivity index (χ0) is 27.6. The third-order valence-electron chi connectivity index (χ3n) is 6.30. The molecule has 37 heavy (non-hydrogen) atoms. The lowest BCUT2D eigenvalue weighted by atomic mass is 9.92. The Labute approximate surface area is 218 Å². The van der Waals surface area contributed by atoms with E-state index in [2.05, 4.69) is 9.97 Å². The summed E-state index contributed by atoms with van der Waals surface area (Å²) in [5.74, 6) is -0.629. The number of amides is 2. The fourth-order valence-electron chi connectivity index (χ4n) is 4.37. The molecule has 2 heterocycles. The first-order valence-electron chi connectivity index (χ1n) is 12.6. The van der Waals surface area contributed by atoms with E-state index in [9.17, 15) is 19.5 Å². The molecule has 0 radical (unpaired) electrons. The molecule has 2 amide bonds. The van der Waals surface area contributed by atoms with Gasteiger partial charge in [-0.05, 0) is 78.4 Å². The number of carbonyl (C=O) groups excluding carboxylic acids is 2. The summed E-state index contributed by atoms with van der Waals surface area (Å²) in [6.07, 6.45) is 4.95. The maximum Gasteiger partial charge on any atom is 0.419 e.